The van der Waals surface area contributed by atoms with E-state index < -0.39 is 0 Å². The van der Waals surface area contributed by atoms with Gasteiger partial charge in [0.1, 0.15) is 0 Å². The van der Waals surface area contributed by atoms with Crippen LogP contribution in [0.4, 0.5) is 10.5 Å². The summed E-state index contributed by atoms with van der Waals surface area (Å²) in [6.07, 6.45) is 3.97. The highest BCUT2D eigenvalue weighted by Crippen LogP contribution is 2.55. The molecule has 110 valence electrons. The van der Waals surface area contributed by atoms with Crippen LogP contribution >= 0.6 is 0 Å². The second-order valence-electron chi connectivity index (χ2n) is 6.71. The van der Waals surface area contributed by atoms with Gasteiger partial charge in [-0.25, -0.2) is 4.79 Å². The molecule has 1 heterocycles. The second-order valence-corrected chi connectivity index (χ2v) is 6.71. The third kappa shape index (κ3) is 1.96. The summed E-state index contributed by atoms with van der Waals surface area (Å²) in [6, 6.07) is 7.63. The van der Waals surface area contributed by atoms with E-state index in [1.165, 1.54) is 26.2 Å². The fourth-order valence-corrected chi connectivity index (χ4v) is 4.56. The molecular formula is C17H20N2O2. The molecule has 21 heavy (non-hydrogen) atoms. The minimum absolute atomic E-state index is 0.00972. The number of benzene rings is 1. The van der Waals surface area contributed by atoms with Crippen molar-refractivity contribution in [1.82, 2.24) is 4.90 Å². The van der Waals surface area contributed by atoms with Crippen molar-refractivity contribution >= 4 is 17.5 Å². The van der Waals surface area contributed by atoms with E-state index in [2.05, 4.69) is 5.32 Å². The maximum absolute atomic E-state index is 12.4. The van der Waals surface area contributed by atoms with Gasteiger partial charge in [0, 0.05) is 29.8 Å². The number of rotatable bonds is 2. The standard InChI is InChI=1S/C17H20N2O2/c1-10(20)11-3-2-4-14(8-11)18-17(21)19-9-15-12-5-6-13(7-12)16(15)19/h2-4,8,12-13,15-16H,5-7,9H2,1H3,(H,18,21)/t12-,13-,15-,16-/m0/s1. The molecule has 4 atom stereocenters. The highest BCUT2D eigenvalue weighted by Gasteiger charge is 2.57. The molecule has 4 rings (SSSR count). The third-order valence-corrected chi connectivity index (χ3v) is 5.59. The Kier molecular flexibility index (Phi) is 2.81. The van der Waals surface area contributed by atoms with Crippen molar-refractivity contribution in [3.63, 3.8) is 0 Å². The number of carbonyl (C=O) groups is 2. The number of Topliss-reactive ketones (excluding diaryl/α,β-unsaturated/α-hetero) is 1. The van der Waals surface area contributed by atoms with Crippen molar-refractivity contribution < 1.29 is 9.59 Å². The molecule has 1 aromatic carbocycles. The number of anilines is 1. The van der Waals surface area contributed by atoms with Gasteiger partial charge < -0.3 is 10.2 Å². The molecule has 4 heteroatoms. The molecule has 1 aliphatic heterocycles. The number of hydrogen-bond donors (Lipinski definition) is 1. The number of ketones is 1. The first kappa shape index (κ1) is 12.9. The van der Waals surface area contributed by atoms with Crippen molar-refractivity contribution in [3.8, 4) is 0 Å². The maximum atomic E-state index is 12.4. The van der Waals surface area contributed by atoms with Crippen LogP contribution in [0.25, 0.3) is 0 Å². The largest absolute Gasteiger partial charge is 0.322 e. The Morgan fingerprint density at radius 3 is 2.81 bits per heavy atom. The van der Waals surface area contributed by atoms with Crippen LogP contribution in [0.3, 0.4) is 0 Å². The van der Waals surface area contributed by atoms with Crippen LogP contribution < -0.4 is 5.32 Å². The lowest BCUT2D eigenvalue weighted by Gasteiger charge is -2.50. The van der Waals surface area contributed by atoms with Crippen LogP contribution in [0, 0.1) is 17.8 Å². The van der Waals surface area contributed by atoms with Crippen molar-refractivity contribution in [2.75, 3.05) is 11.9 Å². The molecule has 0 unspecified atom stereocenters. The Labute approximate surface area is 124 Å². The van der Waals surface area contributed by atoms with Gasteiger partial charge in [0.15, 0.2) is 5.78 Å². The van der Waals surface area contributed by atoms with Crippen molar-refractivity contribution in [3.05, 3.63) is 29.8 Å². The summed E-state index contributed by atoms with van der Waals surface area (Å²) in [5.41, 5.74) is 1.34. The molecule has 2 bridgehead atoms. The number of fused-ring (bicyclic) bond motifs is 5. The van der Waals surface area contributed by atoms with Gasteiger partial charge in [-0.3, -0.25) is 4.79 Å². The summed E-state index contributed by atoms with van der Waals surface area (Å²) in [4.78, 5) is 25.8. The third-order valence-electron chi connectivity index (χ3n) is 5.59. The number of nitrogens with one attached hydrogen (secondary N) is 1. The predicted molar refractivity (Wildman–Crippen MR) is 80.3 cm³/mol. The van der Waals surface area contributed by atoms with Gasteiger partial charge in [-0.15, -0.1) is 0 Å². The second kappa shape index (κ2) is 4.58. The summed E-state index contributed by atoms with van der Waals surface area (Å²) in [5.74, 6) is 2.36. The van der Waals surface area contributed by atoms with Crippen molar-refractivity contribution in [2.45, 2.75) is 32.2 Å². The Morgan fingerprint density at radius 2 is 2.05 bits per heavy atom. The first-order valence-corrected chi connectivity index (χ1v) is 7.82. The van der Waals surface area contributed by atoms with Crippen molar-refractivity contribution in [2.24, 2.45) is 17.8 Å². The molecule has 3 fully saturated rings. The summed E-state index contributed by atoms with van der Waals surface area (Å²) in [7, 11) is 0. The molecule has 3 aliphatic rings. The molecule has 0 radical (unpaired) electrons. The van der Waals surface area contributed by atoms with E-state index >= 15 is 0 Å². The highest BCUT2D eigenvalue weighted by atomic mass is 16.2. The Hall–Kier alpha value is -1.84. The Morgan fingerprint density at radius 1 is 1.24 bits per heavy atom. The van der Waals surface area contributed by atoms with E-state index in [4.69, 9.17) is 0 Å². The van der Waals surface area contributed by atoms with Gasteiger partial charge in [-0.2, -0.15) is 0 Å². The minimum Gasteiger partial charge on any atom is -0.321 e. The quantitative estimate of drug-likeness (QED) is 0.848. The van der Waals surface area contributed by atoms with Crippen LogP contribution in [-0.2, 0) is 0 Å². The number of hydrogen-bond acceptors (Lipinski definition) is 2. The number of nitrogens with zero attached hydrogens (tertiary/aromatic N) is 1. The molecule has 1 N–H and O–H groups in total. The van der Waals surface area contributed by atoms with E-state index in [0.717, 1.165) is 24.3 Å². The van der Waals surface area contributed by atoms with Crippen molar-refractivity contribution in [1.29, 1.82) is 0 Å². The van der Waals surface area contributed by atoms with Gasteiger partial charge in [0.2, 0.25) is 0 Å². The van der Waals surface area contributed by atoms with Crippen LogP contribution in [0.5, 0.6) is 0 Å². The lowest BCUT2D eigenvalue weighted by atomic mass is 9.77. The minimum atomic E-state index is -0.00972. The summed E-state index contributed by atoms with van der Waals surface area (Å²) < 4.78 is 0. The van der Waals surface area contributed by atoms with Gasteiger partial charge in [0.05, 0.1) is 0 Å². The van der Waals surface area contributed by atoms with E-state index in [9.17, 15) is 9.59 Å². The van der Waals surface area contributed by atoms with E-state index in [-0.39, 0.29) is 11.8 Å². The molecular weight excluding hydrogens is 264 g/mol. The van der Waals surface area contributed by atoms with E-state index in [1.54, 1.807) is 12.1 Å². The Bertz CT molecular complexity index is 611. The van der Waals surface area contributed by atoms with Gasteiger partial charge in [0.25, 0.3) is 0 Å². The van der Waals surface area contributed by atoms with Gasteiger partial charge in [-0.1, -0.05) is 12.1 Å². The average molecular weight is 284 g/mol. The lowest BCUT2D eigenvalue weighted by Crippen LogP contribution is -2.61. The zero-order valence-corrected chi connectivity index (χ0v) is 12.2. The van der Waals surface area contributed by atoms with Gasteiger partial charge >= 0.3 is 6.03 Å². The maximum Gasteiger partial charge on any atom is 0.322 e. The molecule has 4 nitrogen and oxygen atoms in total. The number of likely N-dealkylation sites (tertiary alicyclic amines) is 1. The van der Waals surface area contributed by atoms with Crippen LogP contribution in [0.1, 0.15) is 36.5 Å². The average Bonchev–Trinajstić information content (AvgIpc) is 2.95. The fraction of sp³-hybridized carbons (Fsp3) is 0.529. The molecule has 1 saturated heterocycles. The predicted octanol–water partition coefficient (Wildman–Crippen LogP) is 3.15. The first-order chi connectivity index (χ1) is 10.1. The normalized spacial score (nSPS) is 32.5. The zero-order valence-electron chi connectivity index (χ0n) is 12.2. The monoisotopic (exact) mass is 284 g/mol. The summed E-state index contributed by atoms with van der Waals surface area (Å²) in [6.45, 7) is 2.44. The number of urea groups is 1. The summed E-state index contributed by atoms with van der Waals surface area (Å²) in [5, 5.41) is 2.95. The van der Waals surface area contributed by atoms with E-state index in [1.807, 2.05) is 17.0 Å². The molecule has 2 aliphatic carbocycles. The first-order valence-electron chi connectivity index (χ1n) is 7.82. The smallest absolute Gasteiger partial charge is 0.321 e. The fourth-order valence-electron chi connectivity index (χ4n) is 4.56. The molecule has 0 spiro atoms. The topological polar surface area (TPSA) is 49.4 Å². The molecule has 2 amide bonds. The molecule has 0 aromatic heterocycles. The molecule has 1 aromatic rings. The lowest BCUT2D eigenvalue weighted by molar-refractivity contribution is 0.0177. The molecule has 2 saturated carbocycles. The van der Waals surface area contributed by atoms with Crippen LogP contribution in [0.2, 0.25) is 0 Å². The summed E-state index contributed by atoms with van der Waals surface area (Å²) >= 11 is 0. The van der Waals surface area contributed by atoms with Crippen LogP contribution in [-0.4, -0.2) is 29.3 Å². The number of carbonyl (C=O) groups excluding carboxylic acids is 2. The van der Waals surface area contributed by atoms with E-state index in [0.29, 0.717) is 17.3 Å². The number of amides is 2. The Balaban J connectivity index is 1.45. The SMILES string of the molecule is CC(=O)c1cccc(NC(=O)N2C[C@H]3[C@H]4CC[C@@H](C4)[C@@H]32)c1. The van der Waals surface area contributed by atoms with Gasteiger partial charge in [-0.05, 0) is 50.2 Å². The van der Waals surface area contributed by atoms with Crippen LogP contribution in [0.15, 0.2) is 24.3 Å². The zero-order chi connectivity index (χ0) is 14.6. The highest BCUT2D eigenvalue weighted by molar-refractivity contribution is 5.97.